The monoisotopic (exact) mass is 454 g/mol. The van der Waals surface area contributed by atoms with Gasteiger partial charge in [0.05, 0.1) is 11.3 Å². The molecule has 3 heterocycles. The first-order chi connectivity index (χ1) is 16.6. The highest BCUT2D eigenvalue weighted by atomic mass is 16.4. The quantitative estimate of drug-likeness (QED) is 0.481. The Bertz CT molecular complexity index is 1360. The number of fused-ring (bicyclic) bond motifs is 1. The normalized spacial score (nSPS) is 14.9. The molecule has 2 aromatic carbocycles. The Balaban J connectivity index is 1.50. The number of carboxylic acids is 1. The summed E-state index contributed by atoms with van der Waals surface area (Å²) in [6.07, 6.45) is 3.61. The van der Waals surface area contributed by atoms with Crippen LogP contribution in [0.4, 0.5) is 0 Å². The lowest BCUT2D eigenvalue weighted by atomic mass is 10.0. The van der Waals surface area contributed by atoms with Crippen molar-refractivity contribution in [3.8, 4) is 5.69 Å². The maximum atomic E-state index is 13.6. The van der Waals surface area contributed by atoms with Gasteiger partial charge in [-0.05, 0) is 35.9 Å². The van der Waals surface area contributed by atoms with Crippen LogP contribution in [0.1, 0.15) is 21.6 Å². The highest BCUT2D eigenvalue weighted by Crippen LogP contribution is 2.24. The SMILES string of the molecule is O=C(O)c1c(CN2CCN(Cc3ccncc3)CC2)n(-c2ccccc2)c(=O)c2ccccc12. The van der Waals surface area contributed by atoms with Crippen molar-refractivity contribution in [3.05, 3.63) is 106 Å². The minimum atomic E-state index is -1.02. The molecule has 1 aliphatic rings. The first-order valence-corrected chi connectivity index (χ1v) is 11.4. The van der Waals surface area contributed by atoms with Crippen LogP contribution in [0.2, 0.25) is 0 Å². The van der Waals surface area contributed by atoms with Gasteiger partial charge in [0, 0.05) is 68.1 Å². The highest BCUT2D eigenvalue weighted by molar-refractivity contribution is 6.04. The van der Waals surface area contributed by atoms with Crippen LogP contribution in [-0.2, 0) is 13.1 Å². The van der Waals surface area contributed by atoms with Gasteiger partial charge in [-0.2, -0.15) is 0 Å². The molecule has 1 aliphatic heterocycles. The van der Waals surface area contributed by atoms with Crippen molar-refractivity contribution >= 4 is 16.7 Å². The van der Waals surface area contributed by atoms with E-state index in [0.717, 1.165) is 32.7 Å². The summed E-state index contributed by atoms with van der Waals surface area (Å²) in [5, 5.41) is 11.1. The van der Waals surface area contributed by atoms with Gasteiger partial charge in [-0.3, -0.25) is 24.1 Å². The van der Waals surface area contributed by atoms with Crippen LogP contribution in [-0.4, -0.2) is 56.6 Å². The molecule has 0 bridgehead atoms. The van der Waals surface area contributed by atoms with Gasteiger partial charge in [0.2, 0.25) is 0 Å². The van der Waals surface area contributed by atoms with E-state index in [0.29, 0.717) is 28.7 Å². The maximum Gasteiger partial charge on any atom is 0.338 e. The average Bonchev–Trinajstić information content (AvgIpc) is 2.86. The number of pyridine rings is 2. The summed E-state index contributed by atoms with van der Waals surface area (Å²) < 4.78 is 1.58. The predicted octanol–water partition coefficient (Wildman–Crippen LogP) is 3.40. The van der Waals surface area contributed by atoms with Gasteiger partial charge in [-0.25, -0.2) is 4.79 Å². The Morgan fingerprint density at radius 3 is 2.03 bits per heavy atom. The smallest absolute Gasteiger partial charge is 0.338 e. The van der Waals surface area contributed by atoms with E-state index in [4.69, 9.17) is 0 Å². The molecule has 2 aromatic heterocycles. The van der Waals surface area contributed by atoms with Crippen LogP contribution in [0.3, 0.4) is 0 Å². The van der Waals surface area contributed by atoms with Crippen LogP contribution in [0.15, 0.2) is 83.9 Å². The molecule has 1 fully saturated rings. The Hall–Kier alpha value is -3.81. The van der Waals surface area contributed by atoms with Crippen molar-refractivity contribution in [2.45, 2.75) is 13.1 Å². The van der Waals surface area contributed by atoms with Gasteiger partial charge in [0.25, 0.3) is 5.56 Å². The molecule has 5 rings (SSSR count). The van der Waals surface area contributed by atoms with Gasteiger partial charge >= 0.3 is 5.97 Å². The van der Waals surface area contributed by atoms with Crippen molar-refractivity contribution in [1.82, 2.24) is 19.4 Å². The van der Waals surface area contributed by atoms with E-state index < -0.39 is 5.97 Å². The molecule has 0 saturated carbocycles. The van der Waals surface area contributed by atoms with Gasteiger partial charge in [0.15, 0.2) is 0 Å². The highest BCUT2D eigenvalue weighted by Gasteiger charge is 2.25. The number of carbonyl (C=O) groups is 1. The predicted molar refractivity (Wildman–Crippen MR) is 131 cm³/mol. The summed E-state index contributed by atoms with van der Waals surface area (Å²) in [6, 6.07) is 20.3. The second-order valence-corrected chi connectivity index (χ2v) is 8.56. The third kappa shape index (κ3) is 4.35. The topological polar surface area (TPSA) is 78.7 Å². The molecule has 0 amide bonds. The first kappa shape index (κ1) is 22.0. The lowest BCUT2D eigenvalue weighted by Crippen LogP contribution is -2.46. The molecule has 34 heavy (non-hydrogen) atoms. The van der Waals surface area contributed by atoms with E-state index in [1.54, 1.807) is 28.8 Å². The maximum absolute atomic E-state index is 13.6. The van der Waals surface area contributed by atoms with Gasteiger partial charge in [0.1, 0.15) is 0 Å². The summed E-state index contributed by atoms with van der Waals surface area (Å²) >= 11 is 0. The van der Waals surface area contributed by atoms with Crippen LogP contribution >= 0.6 is 0 Å². The second-order valence-electron chi connectivity index (χ2n) is 8.56. The van der Waals surface area contributed by atoms with E-state index in [-0.39, 0.29) is 11.1 Å². The van der Waals surface area contributed by atoms with Crippen molar-refractivity contribution < 1.29 is 9.90 Å². The zero-order valence-corrected chi connectivity index (χ0v) is 18.8. The number of hydrogen-bond donors (Lipinski definition) is 1. The number of benzene rings is 2. The molecule has 0 radical (unpaired) electrons. The van der Waals surface area contributed by atoms with E-state index >= 15 is 0 Å². The van der Waals surface area contributed by atoms with E-state index in [1.165, 1.54) is 5.56 Å². The molecule has 7 nitrogen and oxygen atoms in total. The number of aromatic nitrogens is 2. The zero-order chi connectivity index (χ0) is 23.5. The number of aromatic carboxylic acids is 1. The van der Waals surface area contributed by atoms with Crippen molar-refractivity contribution in [2.75, 3.05) is 26.2 Å². The fourth-order valence-corrected chi connectivity index (χ4v) is 4.70. The van der Waals surface area contributed by atoms with Crippen LogP contribution < -0.4 is 5.56 Å². The lowest BCUT2D eigenvalue weighted by Gasteiger charge is -2.35. The Morgan fingerprint density at radius 2 is 1.38 bits per heavy atom. The first-order valence-electron chi connectivity index (χ1n) is 11.4. The Kier molecular flexibility index (Phi) is 6.20. The van der Waals surface area contributed by atoms with Gasteiger partial charge in [-0.1, -0.05) is 36.4 Å². The molecule has 4 aromatic rings. The number of carboxylic acid groups (broad SMARTS) is 1. The molecular formula is C27H26N4O3. The third-order valence-corrected chi connectivity index (χ3v) is 6.41. The summed E-state index contributed by atoms with van der Waals surface area (Å²) in [6.45, 7) is 4.57. The number of rotatable bonds is 6. The molecule has 0 spiro atoms. The van der Waals surface area contributed by atoms with Crippen LogP contribution in [0.5, 0.6) is 0 Å². The fourth-order valence-electron chi connectivity index (χ4n) is 4.70. The van der Waals surface area contributed by atoms with Gasteiger partial charge in [-0.15, -0.1) is 0 Å². The molecule has 1 saturated heterocycles. The van der Waals surface area contributed by atoms with E-state index in [9.17, 15) is 14.7 Å². The summed E-state index contributed by atoms with van der Waals surface area (Å²) in [5.41, 5.74) is 2.41. The number of para-hydroxylation sites is 1. The molecular weight excluding hydrogens is 428 g/mol. The molecule has 7 heteroatoms. The molecule has 172 valence electrons. The minimum Gasteiger partial charge on any atom is -0.478 e. The largest absolute Gasteiger partial charge is 0.478 e. The lowest BCUT2D eigenvalue weighted by molar-refractivity contribution is 0.0693. The Labute approximate surface area is 197 Å². The summed E-state index contributed by atoms with van der Waals surface area (Å²) in [5.74, 6) is -1.02. The van der Waals surface area contributed by atoms with Crippen molar-refractivity contribution in [2.24, 2.45) is 0 Å². The van der Waals surface area contributed by atoms with E-state index in [2.05, 4.69) is 14.8 Å². The van der Waals surface area contributed by atoms with E-state index in [1.807, 2.05) is 54.9 Å². The van der Waals surface area contributed by atoms with Gasteiger partial charge < -0.3 is 5.11 Å². The standard InChI is InChI=1S/C27H26N4O3/c32-26-23-9-5-4-8-22(23)25(27(33)34)24(31(26)21-6-2-1-3-7-21)19-30-16-14-29(15-17-30)18-20-10-12-28-13-11-20/h1-13H,14-19H2,(H,33,34). The fraction of sp³-hybridized carbons (Fsp3) is 0.222. The van der Waals surface area contributed by atoms with Crippen molar-refractivity contribution in [1.29, 1.82) is 0 Å². The van der Waals surface area contributed by atoms with Crippen molar-refractivity contribution in [3.63, 3.8) is 0 Å². The number of nitrogens with zero attached hydrogens (tertiary/aromatic N) is 4. The summed E-state index contributed by atoms with van der Waals surface area (Å²) in [7, 11) is 0. The minimum absolute atomic E-state index is 0.193. The molecule has 1 N–H and O–H groups in total. The molecule has 0 unspecified atom stereocenters. The number of piperazine rings is 1. The van der Waals surface area contributed by atoms with Crippen LogP contribution in [0.25, 0.3) is 16.5 Å². The molecule has 0 aliphatic carbocycles. The number of hydrogen-bond acceptors (Lipinski definition) is 5. The zero-order valence-electron chi connectivity index (χ0n) is 18.8. The Morgan fingerprint density at radius 1 is 0.794 bits per heavy atom. The average molecular weight is 455 g/mol. The third-order valence-electron chi connectivity index (χ3n) is 6.41. The summed E-state index contributed by atoms with van der Waals surface area (Å²) in [4.78, 5) is 34.7. The molecule has 0 atom stereocenters. The van der Waals surface area contributed by atoms with Crippen LogP contribution in [0, 0.1) is 0 Å². The second kappa shape index (κ2) is 9.59.